The first-order valence-corrected chi connectivity index (χ1v) is 8.18. The molecule has 0 bridgehead atoms. The Kier molecular flexibility index (Phi) is 6.75. The molecule has 0 amide bonds. The van der Waals surface area contributed by atoms with Gasteiger partial charge in [-0.3, -0.25) is 0 Å². The SMILES string of the molecule is CCCNC(CC(C)CC)c1cc(C)c(Br)s1. The van der Waals surface area contributed by atoms with Crippen LogP contribution >= 0.6 is 27.3 Å². The summed E-state index contributed by atoms with van der Waals surface area (Å²) in [6.45, 7) is 10.1. The zero-order valence-electron chi connectivity index (χ0n) is 11.3. The standard InChI is InChI=1S/C14H24BrNS/c1-5-7-16-12(8-10(3)6-2)13-9-11(4)14(15)17-13/h9-10,12,16H,5-8H2,1-4H3. The number of nitrogens with one attached hydrogen (secondary N) is 1. The van der Waals surface area contributed by atoms with Gasteiger partial charge in [0.2, 0.25) is 0 Å². The van der Waals surface area contributed by atoms with Gasteiger partial charge in [-0.2, -0.15) is 0 Å². The second-order valence-electron chi connectivity index (χ2n) is 4.86. The molecule has 0 aliphatic carbocycles. The Hall–Kier alpha value is 0.140. The Morgan fingerprint density at radius 1 is 1.41 bits per heavy atom. The highest BCUT2D eigenvalue weighted by Gasteiger charge is 2.16. The van der Waals surface area contributed by atoms with Crippen LogP contribution in [-0.4, -0.2) is 6.54 Å². The molecule has 0 aliphatic rings. The summed E-state index contributed by atoms with van der Waals surface area (Å²) in [7, 11) is 0. The van der Waals surface area contributed by atoms with E-state index in [1.807, 2.05) is 11.3 Å². The summed E-state index contributed by atoms with van der Waals surface area (Å²) in [5.41, 5.74) is 1.36. The minimum atomic E-state index is 0.528. The lowest BCUT2D eigenvalue weighted by Crippen LogP contribution is -2.23. The maximum atomic E-state index is 3.68. The highest BCUT2D eigenvalue weighted by Crippen LogP contribution is 2.34. The van der Waals surface area contributed by atoms with Crippen molar-refractivity contribution in [3.8, 4) is 0 Å². The predicted octanol–water partition coefficient (Wildman–Crippen LogP) is 5.30. The second-order valence-corrected chi connectivity index (χ2v) is 7.26. The van der Waals surface area contributed by atoms with Crippen molar-refractivity contribution in [2.75, 3.05) is 6.54 Å². The van der Waals surface area contributed by atoms with Crippen LogP contribution in [0.15, 0.2) is 9.85 Å². The number of hydrogen-bond donors (Lipinski definition) is 1. The monoisotopic (exact) mass is 317 g/mol. The molecule has 0 aromatic carbocycles. The molecular weight excluding hydrogens is 294 g/mol. The van der Waals surface area contributed by atoms with Gasteiger partial charge in [0.1, 0.15) is 0 Å². The average Bonchev–Trinajstić information content (AvgIpc) is 2.64. The van der Waals surface area contributed by atoms with Crippen molar-refractivity contribution in [1.82, 2.24) is 5.32 Å². The zero-order chi connectivity index (χ0) is 12.8. The van der Waals surface area contributed by atoms with Crippen molar-refractivity contribution in [2.24, 2.45) is 5.92 Å². The molecule has 0 radical (unpaired) electrons. The Morgan fingerprint density at radius 3 is 2.59 bits per heavy atom. The van der Waals surface area contributed by atoms with E-state index >= 15 is 0 Å². The third-order valence-electron chi connectivity index (χ3n) is 3.20. The van der Waals surface area contributed by atoms with Gasteiger partial charge in [0.15, 0.2) is 0 Å². The second kappa shape index (κ2) is 7.55. The molecule has 0 saturated carbocycles. The van der Waals surface area contributed by atoms with E-state index in [1.165, 1.54) is 33.5 Å². The van der Waals surface area contributed by atoms with Crippen LogP contribution in [0.2, 0.25) is 0 Å². The molecule has 17 heavy (non-hydrogen) atoms. The summed E-state index contributed by atoms with van der Waals surface area (Å²) in [6.07, 6.45) is 3.70. The average molecular weight is 318 g/mol. The van der Waals surface area contributed by atoms with Gasteiger partial charge in [0.05, 0.1) is 3.79 Å². The fraction of sp³-hybridized carbons (Fsp3) is 0.714. The van der Waals surface area contributed by atoms with E-state index in [0.29, 0.717) is 6.04 Å². The van der Waals surface area contributed by atoms with Gasteiger partial charge in [0, 0.05) is 10.9 Å². The molecule has 2 unspecified atom stereocenters. The molecule has 1 rings (SSSR count). The van der Waals surface area contributed by atoms with E-state index in [1.54, 1.807) is 0 Å². The number of rotatable bonds is 7. The van der Waals surface area contributed by atoms with Crippen LogP contribution in [-0.2, 0) is 0 Å². The van der Waals surface area contributed by atoms with Crippen LogP contribution in [0.4, 0.5) is 0 Å². The van der Waals surface area contributed by atoms with E-state index in [4.69, 9.17) is 0 Å². The first kappa shape index (κ1) is 15.2. The van der Waals surface area contributed by atoms with Gasteiger partial charge in [-0.05, 0) is 59.8 Å². The molecule has 1 nitrogen and oxygen atoms in total. The minimum Gasteiger partial charge on any atom is -0.309 e. The van der Waals surface area contributed by atoms with Gasteiger partial charge in [0.25, 0.3) is 0 Å². The summed E-state index contributed by atoms with van der Waals surface area (Å²) in [6, 6.07) is 2.85. The first-order valence-electron chi connectivity index (χ1n) is 6.57. The molecule has 0 fully saturated rings. The summed E-state index contributed by atoms with van der Waals surface area (Å²) >= 11 is 5.51. The Balaban J connectivity index is 2.74. The lowest BCUT2D eigenvalue weighted by Gasteiger charge is -2.20. The number of halogens is 1. The lowest BCUT2D eigenvalue weighted by atomic mass is 9.98. The van der Waals surface area contributed by atoms with E-state index in [2.05, 4.69) is 55.0 Å². The fourth-order valence-corrected chi connectivity index (χ4v) is 3.50. The predicted molar refractivity (Wildman–Crippen MR) is 81.9 cm³/mol. The molecule has 1 heterocycles. The van der Waals surface area contributed by atoms with E-state index < -0.39 is 0 Å². The molecule has 98 valence electrons. The van der Waals surface area contributed by atoms with Crippen LogP contribution in [0.1, 0.15) is 56.5 Å². The van der Waals surface area contributed by atoms with Crippen LogP contribution in [0.5, 0.6) is 0 Å². The van der Waals surface area contributed by atoms with Gasteiger partial charge >= 0.3 is 0 Å². The highest BCUT2D eigenvalue weighted by atomic mass is 79.9. The van der Waals surface area contributed by atoms with Crippen LogP contribution in [0.3, 0.4) is 0 Å². The van der Waals surface area contributed by atoms with Crippen molar-refractivity contribution in [3.63, 3.8) is 0 Å². The molecule has 1 aromatic rings. The van der Waals surface area contributed by atoms with Crippen molar-refractivity contribution >= 4 is 27.3 Å². The number of hydrogen-bond acceptors (Lipinski definition) is 2. The van der Waals surface area contributed by atoms with E-state index in [-0.39, 0.29) is 0 Å². The molecule has 0 spiro atoms. The van der Waals surface area contributed by atoms with Gasteiger partial charge in [-0.15, -0.1) is 11.3 Å². The topological polar surface area (TPSA) is 12.0 Å². The lowest BCUT2D eigenvalue weighted by molar-refractivity contribution is 0.406. The molecule has 1 aromatic heterocycles. The molecule has 3 heteroatoms. The fourth-order valence-electron chi connectivity index (χ4n) is 1.84. The van der Waals surface area contributed by atoms with Crippen molar-refractivity contribution in [1.29, 1.82) is 0 Å². The normalized spacial score (nSPS) is 14.9. The molecular formula is C14H24BrNS. The van der Waals surface area contributed by atoms with E-state index in [9.17, 15) is 0 Å². The van der Waals surface area contributed by atoms with Crippen LogP contribution in [0, 0.1) is 12.8 Å². The quantitative estimate of drug-likeness (QED) is 0.720. The molecule has 0 aliphatic heterocycles. The van der Waals surface area contributed by atoms with Gasteiger partial charge in [-0.1, -0.05) is 27.2 Å². The Morgan fingerprint density at radius 2 is 2.12 bits per heavy atom. The van der Waals surface area contributed by atoms with E-state index in [0.717, 1.165) is 12.5 Å². The maximum Gasteiger partial charge on any atom is 0.0731 e. The summed E-state index contributed by atoms with van der Waals surface area (Å²) in [4.78, 5) is 1.48. The minimum absolute atomic E-state index is 0.528. The van der Waals surface area contributed by atoms with Gasteiger partial charge < -0.3 is 5.32 Å². The highest BCUT2D eigenvalue weighted by molar-refractivity contribution is 9.11. The van der Waals surface area contributed by atoms with Crippen molar-refractivity contribution in [3.05, 3.63) is 20.3 Å². The van der Waals surface area contributed by atoms with Crippen molar-refractivity contribution < 1.29 is 0 Å². The smallest absolute Gasteiger partial charge is 0.0731 e. The summed E-state index contributed by atoms with van der Waals surface area (Å²) in [5.74, 6) is 0.783. The molecule has 1 N–H and O–H groups in total. The summed E-state index contributed by atoms with van der Waals surface area (Å²) < 4.78 is 1.28. The molecule has 2 atom stereocenters. The first-order chi connectivity index (χ1) is 8.08. The zero-order valence-corrected chi connectivity index (χ0v) is 13.7. The van der Waals surface area contributed by atoms with Crippen LogP contribution in [0.25, 0.3) is 0 Å². The number of aryl methyl sites for hydroxylation is 1. The van der Waals surface area contributed by atoms with Crippen molar-refractivity contribution in [2.45, 2.75) is 53.0 Å². The molecule has 0 saturated heterocycles. The Labute approximate surface area is 118 Å². The van der Waals surface area contributed by atoms with Gasteiger partial charge in [-0.25, -0.2) is 0 Å². The Bertz CT molecular complexity index is 315. The maximum absolute atomic E-state index is 3.68. The third-order valence-corrected chi connectivity index (χ3v) is 5.45. The summed E-state index contributed by atoms with van der Waals surface area (Å²) in [5, 5.41) is 3.68. The third kappa shape index (κ3) is 4.72. The number of thiophene rings is 1. The van der Waals surface area contributed by atoms with Crippen LogP contribution < -0.4 is 5.32 Å². The largest absolute Gasteiger partial charge is 0.309 e.